The third-order valence-corrected chi connectivity index (χ3v) is 5.34. The number of nitrogens with zero attached hydrogens (tertiary/aromatic N) is 1. The van der Waals surface area contributed by atoms with Crippen molar-refractivity contribution in [1.29, 1.82) is 0 Å². The number of aliphatic hydroxyl groups is 1. The van der Waals surface area contributed by atoms with Crippen LogP contribution in [0.25, 0.3) is 0 Å². The molecule has 2 aliphatic rings. The molecule has 1 spiro atoms. The fourth-order valence-electron chi connectivity index (χ4n) is 3.98. The molecule has 2 aliphatic heterocycles. The molecule has 24 heavy (non-hydrogen) atoms. The van der Waals surface area contributed by atoms with E-state index in [1.807, 2.05) is 13.0 Å². The van der Waals surface area contributed by atoms with E-state index < -0.39 is 5.60 Å². The highest BCUT2D eigenvalue weighted by Crippen LogP contribution is 2.39. The summed E-state index contributed by atoms with van der Waals surface area (Å²) in [6, 6.07) is 6.02. The molecule has 5 nitrogen and oxygen atoms in total. The van der Waals surface area contributed by atoms with Gasteiger partial charge in [-0.15, -0.1) is 0 Å². The second kappa shape index (κ2) is 6.90. The van der Waals surface area contributed by atoms with Crippen LogP contribution in [-0.4, -0.2) is 55.1 Å². The molecule has 1 atom stereocenters. The second-order valence-corrected chi connectivity index (χ2v) is 7.45. The van der Waals surface area contributed by atoms with Gasteiger partial charge in [0.15, 0.2) is 0 Å². The van der Waals surface area contributed by atoms with E-state index in [1.54, 1.807) is 14.2 Å². The van der Waals surface area contributed by atoms with Gasteiger partial charge in [0.25, 0.3) is 0 Å². The smallest absolute Gasteiger partial charge is 0.122 e. The fourth-order valence-corrected chi connectivity index (χ4v) is 3.98. The highest BCUT2D eigenvalue weighted by atomic mass is 16.5. The third kappa shape index (κ3) is 4.02. The number of hydrogen-bond donors (Lipinski definition) is 1. The lowest BCUT2D eigenvalue weighted by Crippen LogP contribution is -2.53. The van der Waals surface area contributed by atoms with Crippen LogP contribution in [0.2, 0.25) is 0 Å². The van der Waals surface area contributed by atoms with Crippen molar-refractivity contribution in [1.82, 2.24) is 4.90 Å². The Morgan fingerprint density at radius 2 is 1.71 bits per heavy atom. The number of benzene rings is 1. The monoisotopic (exact) mass is 335 g/mol. The summed E-state index contributed by atoms with van der Waals surface area (Å²) in [6.07, 6.45) is 3.44. The molecular weight excluding hydrogens is 306 g/mol. The Morgan fingerprint density at radius 1 is 1.08 bits per heavy atom. The van der Waals surface area contributed by atoms with E-state index >= 15 is 0 Å². The van der Waals surface area contributed by atoms with Gasteiger partial charge in [-0.1, -0.05) is 0 Å². The molecule has 0 aromatic heterocycles. The van der Waals surface area contributed by atoms with E-state index in [1.165, 1.54) is 5.56 Å². The van der Waals surface area contributed by atoms with Gasteiger partial charge in [0.1, 0.15) is 11.5 Å². The molecule has 1 unspecified atom stereocenters. The maximum absolute atomic E-state index is 10.4. The first-order valence-corrected chi connectivity index (χ1v) is 8.74. The fraction of sp³-hybridized carbons (Fsp3) is 0.684. The Labute approximate surface area is 144 Å². The first-order chi connectivity index (χ1) is 11.4. The van der Waals surface area contributed by atoms with E-state index in [4.69, 9.17) is 14.2 Å². The molecule has 5 heteroatoms. The van der Waals surface area contributed by atoms with Crippen LogP contribution in [0.3, 0.4) is 0 Å². The molecule has 1 aromatic rings. The standard InChI is InChI=1S/C19H29NO4/c1-18(21)6-9-24-19(14-18)4-7-20(8-5-19)13-15-10-16(22-2)12-17(11-15)23-3/h10-12,21H,4-9,13-14H2,1-3H3. The van der Waals surface area contributed by atoms with Crippen molar-refractivity contribution in [3.8, 4) is 11.5 Å². The third-order valence-electron chi connectivity index (χ3n) is 5.34. The summed E-state index contributed by atoms with van der Waals surface area (Å²) in [4.78, 5) is 2.44. The average molecular weight is 335 g/mol. The van der Waals surface area contributed by atoms with E-state index in [0.29, 0.717) is 6.61 Å². The van der Waals surface area contributed by atoms with Crippen LogP contribution in [0.5, 0.6) is 11.5 Å². The van der Waals surface area contributed by atoms with Gasteiger partial charge in [-0.3, -0.25) is 4.90 Å². The summed E-state index contributed by atoms with van der Waals surface area (Å²) in [5.74, 6) is 1.65. The van der Waals surface area contributed by atoms with E-state index in [0.717, 1.165) is 56.8 Å². The van der Waals surface area contributed by atoms with Gasteiger partial charge >= 0.3 is 0 Å². The minimum absolute atomic E-state index is 0.135. The zero-order valence-corrected chi connectivity index (χ0v) is 15.0. The van der Waals surface area contributed by atoms with Gasteiger partial charge < -0.3 is 19.3 Å². The summed E-state index contributed by atoms with van der Waals surface area (Å²) >= 11 is 0. The first kappa shape index (κ1) is 17.5. The van der Waals surface area contributed by atoms with Crippen LogP contribution < -0.4 is 9.47 Å². The summed E-state index contributed by atoms with van der Waals surface area (Å²) in [7, 11) is 3.35. The highest BCUT2D eigenvalue weighted by Gasteiger charge is 2.44. The predicted molar refractivity (Wildman–Crippen MR) is 92.6 cm³/mol. The van der Waals surface area contributed by atoms with Gasteiger partial charge in [0.05, 0.1) is 32.0 Å². The lowest BCUT2D eigenvalue weighted by atomic mass is 9.78. The van der Waals surface area contributed by atoms with Crippen molar-refractivity contribution in [3.63, 3.8) is 0 Å². The van der Waals surface area contributed by atoms with E-state index in [9.17, 15) is 5.11 Å². The van der Waals surface area contributed by atoms with Crippen molar-refractivity contribution in [2.75, 3.05) is 33.9 Å². The lowest BCUT2D eigenvalue weighted by Gasteiger charge is -2.48. The Bertz CT molecular complexity index is 542. The van der Waals surface area contributed by atoms with E-state index in [2.05, 4.69) is 17.0 Å². The van der Waals surface area contributed by atoms with Crippen LogP contribution >= 0.6 is 0 Å². The zero-order chi connectivity index (χ0) is 17.2. The molecule has 0 radical (unpaired) electrons. The van der Waals surface area contributed by atoms with Crippen LogP contribution in [0.4, 0.5) is 0 Å². The largest absolute Gasteiger partial charge is 0.497 e. The maximum Gasteiger partial charge on any atom is 0.122 e. The average Bonchev–Trinajstić information content (AvgIpc) is 2.56. The Morgan fingerprint density at radius 3 is 2.25 bits per heavy atom. The van der Waals surface area contributed by atoms with E-state index in [-0.39, 0.29) is 5.60 Å². The molecule has 0 bridgehead atoms. The minimum Gasteiger partial charge on any atom is -0.497 e. The molecule has 3 rings (SSSR count). The summed E-state index contributed by atoms with van der Waals surface area (Å²) in [5, 5.41) is 10.4. The van der Waals surface area contributed by atoms with Crippen LogP contribution in [0, 0.1) is 0 Å². The topological polar surface area (TPSA) is 51.2 Å². The van der Waals surface area contributed by atoms with Crippen LogP contribution in [0.15, 0.2) is 18.2 Å². The normalized spacial score (nSPS) is 27.2. The molecule has 0 amide bonds. The predicted octanol–water partition coefficient (Wildman–Crippen LogP) is 2.60. The van der Waals surface area contributed by atoms with Gasteiger partial charge in [0, 0.05) is 32.1 Å². The molecule has 2 heterocycles. The SMILES string of the molecule is COc1cc(CN2CCC3(CC2)CC(C)(O)CCO3)cc(OC)c1. The zero-order valence-electron chi connectivity index (χ0n) is 15.0. The lowest BCUT2D eigenvalue weighted by molar-refractivity contribution is -0.173. The molecule has 0 saturated carbocycles. The van der Waals surface area contributed by atoms with Crippen LogP contribution in [0.1, 0.15) is 38.2 Å². The molecule has 1 aromatic carbocycles. The second-order valence-electron chi connectivity index (χ2n) is 7.45. The number of piperidine rings is 1. The minimum atomic E-state index is -0.583. The van der Waals surface area contributed by atoms with Crippen molar-refractivity contribution in [2.24, 2.45) is 0 Å². The quantitative estimate of drug-likeness (QED) is 0.917. The van der Waals surface area contributed by atoms with Crippen molar-refractivity contribution in [2.45, 2.75) is 50.4 Å². The Balaban J connectivity index is 1.61. The van der Waals surface area contributed by atoms with Gasteiger partial charge in [-0.05, 0) is 43.9 Å². The summed E-state index contributed by atoms with van der Waals surface area (Å²) in [6.45, 7) is 5.44. The number of likely N-dealkylation sites (tertiary alicyclic amines) is 1. The van der Waals surface area contributed by atoms with Gasteiger partial charge in [-0.25, -0.2) is 0 Å². The first-order valence-electron chi connectivity index (χ1n) is 8.74. The van der Waals surface area contributed by atoms with Crippen molar-refractivity contribution in [3.05, 3.63) is 23.8 Å². The molecule has 134 valence electrons. The highest BCUT2D eigenvalue weighted by molar-refractivity contribution is 5.38. The Kier molecular flexibility index (Phi) is 5.04. The Hall–Kier alpha value is -1.30. The maximum atomic E-state index is 10.4. The summed E-state index contributed by atoms with van der Waals surface area (Å²) < 4.78 is 16.8. The molecular formula is C19H29NO4. The molecule has 0 aliphatic carbocycles. The van der Waals surface area contributed by atoms with Gasteiger partial charge in [-0.2, -0.15) is 0 Å². The molecule has 1 N–H and O–H groups in total. The number of methoxy groups -OCH3 is 2. The summed E-state index contributed by atoms with van der Waals surface area (Å²) in [5.41, 5.74) is 0.476. The van der Waals surface area contributed by atoms with Crippen LogP contribution in [-0.2, 0) is 11.3 Å². The number of rotatable bonds is 4. The van der Waals surface area contributed by atoms with Crippen molar-refractivity contribution < 1.29 is 19.3 Å². The molecule has 2 fully saturated rings. The number of ether oxygens (including phenoxy) is 3. The molecule has 2 saturated heterocycles. The van der Waals surface area contributed by atoms with Crippen molar-refractivity contribution >= 4 is 0 Å². The van der Waals surface area contributed by atoms with Gasteiger partial charge in [0.2, 0.25) is 0 Å². The number of hydrogen-bond acceptors (Lipinski definition) is 5.